The Kier molecular flexibility index (Phi) is 6.65. The van der Waals surface area contributed by atoms with Crippen molar-refractivity contribution in [3.8, 4) is 6.07 Å². The number of hydrogen-bond donors (Lipinski definition) is 1. The maximum absolute atomic E-state index is 13.2. The largest absolute Gasteiger partial charge is 0.460 e. The number of aliphatic hydroxyl groups is 1. The van der Waals surface area contributed by atoms with Gasteiger partial charge in [0.15, 0.2) is 0 Å². The zero-order chi connectivity index (χ0) is 23.5. The third-order valence-corrected chi connectivity index (χ3v) is 5.12. The Hall–Kier alpha value is -3.64. The molecule has 1 aliphatic rings. The van der Waals surface area contributed by atoms with Crippen molar-refractivity contribution in [2.75, 3.05) is 18.1 Å². The Morgan fingerprint density at radius 1 is 1.25 bits per heavy atom. The van der Waals surface area contributed by atoms with Gasteiger partial charge in [0.1, 0.15) is 6.61 Å². The number of allylic oxidation sites excluding steroid dienone is 1. The molecular formula is C23H19F3N2O4. The minimum absolute atomic E-state index is 0.0203. The minimum Gasteiger partial charge on any atom is -0.460 e. The van der Waals surface area contributed by atoms with Gasteiger partial charge in [-0.25, -0.2) is 4.79 Å². The molecule has 3 rings (SSSR count). The Morgan fingerprint density at radius 3 is 2.53 bits per heavy atom. The van der Waals surface area contributed by atoms with Gasteiger partial charge in [-0.2, -0.15) is 18.4 Å². The van der Waals surface area contributed by atoms with E-state index in [4.69, 9.17) is 15.1 Å². The van der Waals surface area contributed by atoms with Crippen LogP contribution in [0.5, 0.6) is 0 Å². The number of esters is 1. The second-order valence-corrected chi connectivity index (χ2v) is 7.13. The standard InChI is InChI=1S/C23H19F3N2O4/c1-14-21(22(31)32-10-9-29)19(16-7-5-15(13-27)6-8-16)12-20(30)28(14)18-4-2-3-17(11-18)23(24,25)26/h2-8,11,19,29H,9-10,12H2,1H3. The molecular weight excluding hydrogens is 425 g/mol. The van der Waals surface area contributed by atoms with Crippen molar-refractivity contribution in [1.82, 2.24) is 0 Å². The molecule has 0 saturated carbocycles. The lowest BCUT2D eigenvalue weighted by Gasteiger charge is -2.34. The molecule has 166 valence electrons. The predicted molar refractivity (Wildman–Crippen MR) is 108 cm³/mol. The lowest BCUT2D eigenvalue weighted by molar-refractivity contribution is -0.140. The summed E-state index contributed by atoms with van der Waals surface area (Å²) in [5.74, 6) is -1.99. The number of ether oxygens (including phenoxy) is 1. The molecule has 0 spiro atoms. The van der Waals surface area contributed by atoms with Crippen molar-refractivity contribution < 1.29 is 32.6 Å². The summed E-state index contributed by atoms with van der Waals surface area (Å²) in [4.78, 5) is 26.9. The molecule has 1 N–H and O–H groups in total. The number of nitrogens with zero attached hydrogens (tertiary/aromatic N) is 2. The maximum atomic E-state index is 13.2. The Morgan fingerprint density at radius 2 is 1.94 bits per heavy atom. The number of halogens is 3. The van der Waals surface area contributed by atoms with Gasteiger partial charge >= 0.3 is 12.1 Å². The molecule has 2 aromatic rings. The summed E-state index contributed by atoms with van der Waals surface area (Å²) >= 11 is 0. The summed E-state index contributed by atoms with van der Waals surface area (Å²) in [6, 6.07) is 12.6. The lowest BCUT2D eigenvalue weighted by Crippen LogP contribution is -2.38. The number of benzene rings is 2. The van der Waals surface area contributed by atoms with E-state index in [9.17, 15) is 22.8 Å². The molecule has 9 heteroatoms. The minimum atomic E-state index is -4.60. The number of nitriles is 1. The van der Waals surface area contributed by atoms with Crippen LogP contribution in [0.15, 0.2) is 59.8 Å². The molecule has 0 saturated heterocycles. The molecule has 0 radical (unpaired) electrons. The van der Waals surface area contributed by atoms with Gasteiger partial charge in [0.05, 0.1) is 29.4 Å². The van der Waals surface area contributed by atoms with Crippen LogP contribution in [-0.4, -0.2) is 30.2 Å². The van der Waals surface area contributed by atoms with Crippen LogP contribution in [0.25, 0.3) is 0 Å². The summed E-state index contributed by atoms with van der Waals surface area (Å²) in [5.41, 5.74) is 0.267. The molecule has 1 heterocycles. The normalized spacial score (nSPS) is 16.7. The first-order valence-corrected chi connectivity index (χ1v) is 9.66. The van der Waals surface area contributed by atoms with Crippen molar-refractivity contribution >= 4 is 17.6 Å². The zero-order valence-electron chi connectivity index (χ0n) is 17.0. The SMILES string of the molecule is CC1=C(C(=O)OCCO)C(c2ccc(C#N)cc2)CC(=O)N1c1cccc(C(F)(F)F)c1. The number of anilines is 1. The smallest absolute Gasteiger partial charge is 0.416 e. The first kappa shape index (κ1) is 23.0. The van der Waals surface area contributed by atoms with Gasteiger partial charge in [0, 0.05) is 23.7 Å². The van der Waals surface area contributed by atoms with Crippen molar-refractivity contribution in [2.45, 2.75) is 25.4 Å². The van der Waals surface area contributed by atoms with Crippen LogP contribution in [0, 0.1) is 11.3 Å². The van der Waals surface area contributed by atoms with Crippen molar-refractivity contribution in [3.05, 3.63) is 76.5 Å². The fourth-order valence-corrected chi connectivity index (χ4v) is 3.67. The van der Waals surface area contributed by atoms with Gasteiger partial charge in [-0.05, 0) is 42.8 Å². The van der Waals surface area contributed by atoms with E-state index in [-0.39, 0.29) is 30.0 Å². The van der Waals surface area contributed by atoms with Crippen LogP contribution < -0.4 is 4.90 Å². The summed E-state index contributed by atoms with van der Waals surface area (Å²) in [6.45, 7) is 0.784. The van der Waals surface area contributed by atoms with E-state index in [1.54, 1.807) is 24.3 Å². The first-order valence-electron chi connectivity index (χ1n) is 9.66. The van der Waals surface area contributed by atoms with Gasteiger partial charge in [-0.15, -0.1) is 0 Å². The highest BCUT2D eigenvalue weighted by Gasteiger charge is 2.38. The summed E-state index contributed by atoms with van der Waals surface area (Å²) in [7, 11) is 0. The average molecular weight is 444 g/mol. The topological polar surface area (TPSA) is 90.6 Å². The monoisotopic (exact) mass is 444 g/mol. The average Bonchev–Trinajstić information content (AvgIpc) is 2.76. The van der Waals surface area contributed by atoms with E-state index in [2.05, 4.69) is 0 Å². The first-order chi connectivity index (χ1) is 15.2. The lowest BCUT2D eigenvalue weighted by atomic mass is 9.83. The molecule has 0 aliphatic carbocycles. The number of hydrogen-bond acceptors (Lipinski definition) is 5. The molecule has 6 nitrogen and oxygen atoms in total. The predicted octanol–water partition coefficient (Wildman–Crippen LogP) is 3.91. The van der Waals surface area contributed by atoms with Crippen LogP contribution in [0.1, 0.15) is 36.0 Å². The van der Waals surface area contributed by atoms with Crippen molar-refractivity contribution in [2.24, 2.45) is 0 Å². The molecule has 0 aromatic heterocycles. The highest BCUT2D eigenvalue weighted by molar-refractivity contribution is 6.04. The number of alkyl halides is 3. The fraction of sp³-hybridized carbons (Fsp3) is 0.261. The van der Waals surface area contributed by atoms with E-state index >= 15 is 0 Å². The zero-order valence-corrected chi connectivity index (χ0v) is 17.0. The molecule has 1 atom stereocenters. The third-order valence-electron chi connectivity index (χ3n) is 5.12. The summed E-state index contributed by atoms with van der Waals surface area (Å²) in [5, 5.41) is 18.0. The van der Waals surface area contributed by atoms with Gasteiger partial charge in [0.2, 0.25) is 5.91 Å². The van der Waals surface area contributed by atoms with Crippen LogP contribution in [0.3, 0.4) is 0 Å². The molecule has 1 aliphatic heterocycles. The van der Waals surface area contributed by atoms with E-state index in [1.165, 1.54) is 19.1 Å². The van der Waals surface area contributed by atoms with Gasteiger partial charge < -0.3 is 9.84 Å². The highest BCUT2D eigenvalue weighted by Crippen LogP contribution is 2.40. The number of carbonyl (C=O) groups excluding carboxylic acids is 2. The maximum Gasteiger partial charge on any atom is 0.416 e. The van der Waals surface area contributed by atoms with Crippen LogP contribution in [0.4, 0.5) is 18.9 Å². The van der Waals surface area contributed by atoms with E-state index in [0.29, 0.717) is 11.1 Å². The number of aliphatic hydroxyl groups excluding tert-OH is 1. The molecule has 1 unspecified atom stereocenters. The Balaban J connectivity index is 2.12. The second kappa shape index (κ2) is 9.24. The molecule has 1 amide bonds. The Labute approximate surface area is 182 Å². The van der Waals surface area contributed by atoms with Crippen molar-refractivity contribution in [1.29, 1.82) is 5.26 Å². The van der Waals surface area contributed by atoms with Gasteiger partial charge in [0.25, 0.3) is 0 Å². The molecule has 32 heavy (non-hydrogen) atoms. The number of carbonyl (C=O) groups is 2. The van der Waals surface area contributed by atoms with Gasteiger partial charge in [-0.1, -0.05) is 18.2 Å². The summed E-state index contributed by atoms with van der Waals surface area (Å²) in [6.07, 6.45) is -4.79. The quantitative estimate of drug-likeness (QED) is 0.707. The van der Waals surface area contributed by atoms with Gasteiger partial charge in [-0.3, -0.25) is 9.69 Å². The molecule has 0 fully saturated rings. The highest BCUT2D eigenvalue weighted by atomic mass is 19.4. The Bertz CT molecular complexity index is 1100. The number of amides is 1. The molecule has 2 aromatic carbocycles. The van der Waals surface area contributed by atoms with E-state index in [0.717, 1.165) is 17.0 Å². The van der Waals surface area contributed by atoms with E-state index in [1.807, 2.05) is 6.07 Å². The fourth-order valence-electron chi connectivity index (χ4n) is 3.67. The third kappa shape index (κ3) is 4.65. The molecule has 0 bridgehead atoms. The second-order valence-electron chi connectivity index (χ2n) is 7.13. The van der Waals surface area contributed by atoms with Crippen LogP contribution >= 0.6 is 0 Å². The van der Waals surface area contributed by atoms with Crippen LogP contribution in [0.2, 0.25) is 0 Å². The van der Waals surface area contributed by atoms with Crippen LogP contribution in [-0.2, 0) is 20.5 Å². The van der Waals surface area contributed by atoms with Crippen molar-refractivity contribution in [3.63, 3.8) is 0 Å². The summed E-state index contributed by atoms with van der Waals surface area (Å²) < 4.78 is 44.6. The number of rotatable bonds is 5. The van der Waals surface area contributed by atoms with E-state index < -0.39 is 36.1 Å².